The van der Waals surface area contributed by atoms with Crippen molar-refractivity contribution >= 4 is 10.1 Å². The summed E-state index contributed by atoms with van der Waals surface area (Å²) >= 11 is 0. The molecule has 0 atom stereocenters. The highest BCUT2D eigenvalue weighted by Gasteiger charge is 2.14. The highest BCUT2D eigenvalue weighted by Crippen LogP contribution is 2.31. The summed E-state index contributed by atoms with van der Waals surface area (Å²) in [5, 5.41) is 9.54. The van der Waals surface area contributed by atoms with Gasteiger partial charge in [0.25, 0.3) is 10.1 Å². The molecule has 1 aromatic heterocycles. The van der Waals surface area contributed by atoms with E-state index in [4.69, 9.17) is 8.97 Å². The Morgan fingerprint density at radius 2 is 1.94 bits per heavy atom. The lowest BCUT2D eigenvalue weighted by Crippen LogP contribution is -1.97. The van der Waals surface area contributed by atoms with Crippen LogP contribution >= 0.6 is 0 Å². The Hall–Kier alpha value is -1.79. The third kappa shape index (κ3) is 1.93. The van der Waals surface area contributed by atoms with Crippen LogP contribution in [0.4, 0.5) is 0 Å². The van der Waals surface area contributed by atoms with Gasteiger partial charge in [0.2, 0.25) is 0 Å². The maximum atomic E-state index is 10.9. The molecule has 5 nitrogen and oxygen atoms in total. The largest absolute Gasteiger partial charge is 0.507 e. The second-order valence-corrected chi connectivity index (χ2v) is 4.55. The molecule has 16 heavy (non-hydrogen) atoms. The van der Waals surface area contributed by atoms with Gasteiger partial charge in [0.15, 0.2) is 0 Å². The van der Waals surface area contributed by atoms with E-state index < -0.39 is 10.1 Å². The average Bonchev–Trinajstić information content (AvgIpc) is 2.69. The molecule has 0 bridgehead atoms. The molecule has 0 aliphatic carbocycles. The van der Waals surface area contributed by atoms with Crippen molar-refractivity contribution in [3.63, 3.8) is 0 Å². The van der Waals surface area contributed by atoms with E-state index in [1.807, 2.05) is 0 Å². The lowest BCUT2D eigenvalue weighted by Gasteiger charge is -2.03. The lowest BCUT2D eigenvalue weighted by atomic mass is 10.1. The molecule has 2 N–H and O–H groups in total. The molecule has 2 aromatic rings. The van der Waals surface area contributed by atoms with Gasteiger partial charge in [-0.05, 0) is 30.3 Å². The van der Waals surface area contributed by atoms with Gasteiger partial charge >= 0.3 is 0 Å². The Kier molecular flexibility index (Phi) is 2.45. The van der Waals surface area contributed by atoms with Crippen molar-refractivity contribution in [2.45, 2.75) is 4.90 Å². The highest BCUT2D eigenvalue weighted by atomic mass is 32.2. The number of rotatable bonds is 2. The summed E-state index contributed by atoms with van der Waals surface area (Å²) in [6.45, 7) is 0. The molecule has 0 radical (unpaired) electrons. The van der Waals surface area contributed by atoms with Gasteiger partial charge in [-0.25, -0.2) is 0 Å². The maximum absolute atomic E-state index is 10.9. The fourth-order valence-electron chi connectivity index (χ4n) is 1.30. The molecule has 0 spiro atoms. The second kappa shape index (κ2) is 3.66. The van der Waals surface area contributed by atoms with Gasteiger partial charge in [0.1, 0.15) is 11.5 Å². The van der Waals surface area contributed by atoms with E-state index in [1.54, 1.807) is 12.1 Å². The zero-order chi connectivity index (χ0) is 11.8. The van der Waals surface area contributed by atoms with E-state index in [1.165, 1.54) is 12.3 Å². The summed E-state index contributed by atoms with van der Waals surface area (Å²) in [6.07, 6.45) is 1.40. The van der Waals surface area contributed by atoms with Crippen LogP contribution in [-0.4, -0.2) is 18.1 Å². The molecule has 0 amide bonds. The molecule has 0 aliphatic heterocycles. The SMILES string of the molecule is O=S(=O)(O)c1ccc(O)c(-c2ccco2)c1. The molecular formula is C10H8O5S. The quantitative estimate of drug-likeness (QED) is 0.783. The minimum atomic E-state index is -4.29. The molecule has 0 unspecified atom stereocenters. The summed E-state index contributed by atoms with van der Waals surface area (Å²) in [5.74, 6) is 0.199. The summed E-state index contributed by atoms with van der Waals surface area (Å²) in [7, 11) is -4.29. The summed E-state index contributed by atoms with van der Waals surface area (Å²) in [6, 6.07) is 6.61. The van der Waals surface area contributed by atoms with Crippen LogP contribution in [-0.2, 0) is 10.1 Å². The monoisotopic (exact) mass is 240 g/mol. The number of furan rings is 1. The molecule has 0 fully saturated rings. The number of hydrogen-bond acceptors (Lipinski definition) is 4. The van der Waals surface area contributed by atoms with Gasteiger partial charge in [-0.15, -0.1) is 0 Å². The fourth-order valence-corrected chi connectivity index (χ4v) is 1.81. The third-order valence-electron chi connectivity index (χ3n) is 2.05. The summed E-state index contributed by atoms with van der Waals surface area (Å²) in [5.41, 5.74) is 0.208. The Bertz CT molecular complexity index is 598. The minimum absolute atomic E-state index is 0.123. The maximum Gasteiger partial charge on any atom is 0.294 e. The van der Waals surface area contributed by atoms with Crippen LogP contribution in [0.25, 0.3) is 11.3 Å². The Morgan fingerprint density at radius 1 is 1.19 bits per heavy atom. The first-order valence-corrected chi connectivity index (χ1v) is 5.77. The van der Waals surface area contributed by atoms with Crippen LogP contribution < -0.4 is 0 Å². The second-order valence-electron chi connectivity index (χ2n) is 3.13. The predicted octanol–water partition coefficient (Wildman–Crippen LogP) is 1.90. The Labute approximate surface area is 91.7 Å². The average molecular weight is 240 g/mol. The third-order valence-corrected chi connectivity index (χ3v) is 2.90. The van der Waals surface area contributed by atoms with Gasteiger partial charge < -0.3 is 9.52 Å². The molecule has 84 valence electrons. The molecule has 0 aliphatic rings. The van der Waals surface area contributed by atoms with E-state index in [2.05, 4.69) is 0 Å². The number of phenols is 1. The Balaban J connectivity index is 2.63. The van der Waals surface area contributed by atoms with E-state index in [0.717, 1.165) is 12.1 Å². The van der Waals surface area contributed by atoms with Crippen LogP contribution in [0.2, 0.25) is 0 Å². The van der Waals surface area contributed by atoms with Crippen LogP contribution in [0.5, 0.6) is 5.75 Å². The van der Waals surface area contributed by atoms with E-state index in [-0.39, 0.29) is 16.2 Å². The van der Waals surface area contributed by atoms with Crippen molar-refractivity contribution in [2.75, 3.05) is 0 Å². The van der Waals surface area contributed by atoms with Gasteiger partial charge in [0.05, 0.1) is 16.7 Å². The molecular weight excluding hydrogens is 232 g/mol. The van der Waals surface area contributed by atoms with Crippen molar-refractivity contribution in [1.29, 1.82) is 0 Å². The standard InChI is InChI=1S/C10H8O5S/c11-9-4-3-7(16(12,13)14)6-8(9)10-2-1-5-15-10/h1-6,11H,(H,12,13,14). The van der Waals surface area contributed by atoms with Gasteiger partial charge in [-0.1, -0.05) is 0 Å². The number of aromatic hydroxyl groups is 1. The summed E-state index contributed by atoms with van der Waals surface area (Å²) < 4.78 is 35.7. The molecule has 2 rings (SSSR count). The van der Waals surface area contributed by atoms with Crippen molar-refractivity contribution in [3.05, 3.63) is 36.6 Å². The van der Waals surface area contributed by atoms with E-state index in [9.17, 15) is 13.5 Å². The van der Waals surface area contributed by atoms with Gasteiger partial charge in [0, 0.05) is 0 Å². The zero-order valence-electron chi connectivity index (χ0n) is 7.99. The first-order chi connectivity index (χ1) is 7.48. The predicted molar refractivity (Wildman–Crippen MR) is 55.6 cm³/mol. The minimum Gasteiger partial charge on any atom is -0.507 e. The number of phenolic OH excluding ortho intramolecular Hbond substituents is 1. The first-order valence-electron chi connectivity index (χ1n) is 4.33. The molecule has 0 saturated heterocycles. The van der Waals surface area contributed by atoms with Crippen LogP contribution in [0.15, 0.2) is 45.9 Å². The van der Waals surface area contributed by atoms with Crippen molar-refractivity contribution in [1.82, 2.24) is 0 Å². The molecule has 6 heteroatoms. The van der Waals surface area contributed by atoms with Crippen LogP contribution in [0, 0.1) is 0 Å². The smallest absolute Gasteiger partial charge is 0.294 e. The van der Waals surface area contributed by atoms with E-state index in [0.29, 0.717) is 5.76 Å². The van der Waals surface area contributed by atoms with Gasteiger partial charge in [-0.2, -0.15) is 8.42 Å². The van der Waals surface area contributed by atoms with E-state index >= 15 is 0 Å². The number of benzene rings is 1. The fraction of sp³-hybridized carbons (Fsp3) is 0. The Morgan fingerprint density at radius 3 is 2.50 bits per heavy atom. The van der Waals surface area contributed by atoms with Gasteiger partial charge in [-0.3, -0.25) is 4.55 Å². The van der Waals surface area contributed by atoms with Crippen molar-refractivity contribution in [2.24, 2.45) is 0 Å². The normalized spacial score (nSPS) is 11.6. The number of hydrogen-bond donors (Lipinski definition) is 2. The molecule has 1 heterocycles. The zero-order valence-corrected chi connectivity index (χ0v) is 8.81. The van der Waals surface area contributed by atoms with Crippen LogP contribution in [0.3, 0.4) is 0 Å². The summed E-state index contributed by atoms with van der Waals surface area (Å²) in [4.78, 5) is -0.295. The highest BCUT2D eigenvalue weighted by molar-refractivity contribution is 7.85. The first kappa shape index (κ1) is 10.7. The lowest BCUT2D eigenvalue weighted by molar-refractivity contribution is 0.471. The molecule has 1 aromatic carbocycles. The van der Waals surface area contributed by atoms with Crippen molar-refractivity contribution < 1.29 is 22.5 Å². The topological polar surface area (TPSA) is 87.7 Å². The van der Waals surface area contributed by atoms with Crippen molar-refractivity contribution in [3.8, 4) is 17.1 Å². The van der Waals surface area contributed by atoms with Crippen LogP contribution in [0.1, 0.15) is 0 Å². The molecule has 0 saturated carbocycles.